The molecule has 1 rings (SSSR count). The molecular weight excluding hydrogens is 190 g/mol. The second kappa shape index (κ2) is 6.53. The number of pyridine rings is 1. The molecule has 0 atom stereocenters. The lowest BCUT2D eigenvalue weighted by atomic mass is 10.2. The lowest BCUT2D eigenvalue weighted by molar-refractivity contribution is -0.693. The number of rotatable bonds is 6. The number of ether oxygens (including phenoxy) is 2. The van der Waals surface area contributed by atoms with Crippen LogP contribution in [-0.4, -0.2) is 13.2 Å². The molecule has 0 aliphatic heterocycles. The van der Waals surface area contributed by atoms with Crippen LogP contribution >= 0.6 is 0 Å². The Morgan fingerprint density at radius 2 is 1.60 bits per heavy atom. The van der Waals surface area contributed by atoms with Crippen molar-refractivity contribution in [3.63, 3.8) is 0 Å². The zero-order valence-corrected chi connectivity index (χ0v) is 9.77. The van der Waals surface area contributed by atoms with E-state index < -0.39 is 0 Å². The molecule has 0 bridgehead atoms. The van der Waals surface area contributed by atoms with E-state index in [2.05, 4.69) is 11.5 Å². The van der Waals surface area contributed by atoms with Crippen molar-refractivity contribution in [2.75, 3.05) is 13.2 Å². The Kier molecular flexibility index (Phi) is 5.29. The molecule has 15 heavy (non-hydrogen) atoms. The van der Waals surface area contributed by atoms with Crippen molar-refractivity contribution in [1.29, 1.82) is 0 Å². The molecule has 0 amide bonds. The Morgan fingerprint density at radius 1 is 1.07 bits per heavy atom. The van der Waals surface area contributed by atoms with Crippen LogP contribution in [0.15, 0.2) is 24.5 Å². The van der Waals surface area contributed by atoms with Crippen LogP contribution in [0.5, 0.6) is 0 Å². The Morgan fingerprint density at radius 3 is 2.00 bits per heavy atom. The predicted octanol–water partition coefficient (Wildman–Crippen LogP) is 2.07. The standard InChI is InChI=1S/C12H20NO2/c1-4-13-9-7-11(8-10-13)12(14-5-2)15-6-3/h7-10,12H,4-6H2,1-3H3/q+1. The number of hydrogen-bond acceptors (Lipinski definition) is 2. The first-order valence-corrected chi connectivity index (χ1v) is 5.54. The zero-order chi connectivity index (χ0) is 11.1. The zero-order valence-electron chi connectivity index (χ0n) is 9.77. The summed E-state index contributed by atoms with van der Waals surface area (Å²) in [6.07, 6.45) is 3.85. The molecule has 3 nitrogen and oxygen atoms in total. The molecular formula is C12H20NO2+. The first-order valence-electron chi connectivity index (χ1n) is 5.54. The predicted molar refractivity (Wildman–Crippen MR) is 58.3 cm³/mol. The van der Waals surface area contributed by atoms with Crippen LogP contribution in [0.1, 0.15) is 32.6 Å². The maximum Gasteiger partial charge on any atom is 0.184 e. The van der Waals surface area contributed by atoms with Crippen molar-refractivity contribution in [2.45, 2.75) is 33.6 Å². The third kappa shape index (κ3) is 3.61. The molecule has 0 unspecified atom stereocenters. The molecule has 0 aromatic carbocycles. The highest BCUT2D eigenvalue weighted by molar-refractivity contribution is 5.08. The largest absolute Gasteiger partial charge is 0.349 e. The first-order chi connectivity index (χ1) is 7.31. The van der Waals surface area contributed by atoms with Gasteiger partial charge in [0.2, 0.25) is 0 Å². The maximum absolute atomic E-state index is 5.51. The van der Waals surface area contributed by atoms with Crippen LogP contribution < -0.4 is 4.57 Å². The van der Waals surface area contributed by atoms with Gasteiger partial charge in [0.25, 0.3) is 0 Å². The molecule has 0 fully saturated rings. The summed E-state index contributed by atoms with van der Waals surface area (Å²) in [5.74, 6) is 0. The van der Waals surface area contributed by atoms with E-state index >= 15 is 0 Å². The average Bonchev–Trinajstić information content (AvgIpc) is 2.29. The van der Waals surface area contributed by atoms with Gasteiger partial charge in [-0.05, 0) is 20.8 Å². The summed E-state index contributed by atoms with van der Waals surface area (Å²) in [7, 11) is 0. The van der Waals surface area contributed by atoms with Crippen molar-refractivity contribution in [3.05, 3.63) is 30.1 Å². The fourth-order valence-electron chi connectivity index (χ4n) is 1.38. The van der Waals surface area contributed by atoms with Gasteiger partial charge in [0.1, 0.15) is 6.54 Å². The van der Waals surface area contributed by atoms with E-state index in [4.69, 9.17) is 9.47 Å². The molecule has 0 aliphatic carbocycles. The topological polar surface area (TPSA) is 22.3 Å². The summed E-state index contributed by atoms with van der Waals surface area (Å²) in [5.41, 5.74) is 1.07. The lowest BCUT2D eigenvalue weighted by Gasteiger charge is -2.16. The highest BCUT2D eigenvalue weighted by Crippen LogP contribution is 2.17. The summed E-state index contributed by atoms with van der Waals surface area (Å²) in [6, 6.07) is 4.08. The van der Waals surface area contributed by atoms with E-state index in [1.807, 2.05) is 38.4 Å². The lowest BCUT2D eigenvalue weighted by Crippen LogP contribution is -2.31. The molecule has 1 heterocycles. The molecule has 84 valence electrons. The van der Waals surface area contributed by atoms with Gasteiger partial charge in [-0.2, -0.15) is 0 Å². The molecule has 1 aromatic rings. The normalized spacial score (nSPS) is 10.9. The molecule has 0 saturated carbocycles. The quantitative estimate of drug-likeness (QED) is 0.530. The highest BCUT2D eigenvalue weighted by Gasteiger charge is 2.12. The van der Waals surface area contributed by atoms with Crippen molar-refractivity contribution >= 4 is 0 Å². The Labute approximate surface area is 91.6 Å². The second-order valence-corrected chi connectivity index (χ2v) is 3.20. The summed E-state index contributed by atoms with van der Waals surface area (Å²) >= 11 is 0. The van der Waals surface area contributed by atoms with Gasteiger partial charge in [0.05, 0.1) is 0 Å². The Balaban J connectivity index is 2.72. The van der Waals surface area contributed by atoms with Gasteiger partial charge >= 0.3 is 0 Å². The molecule has 0 aliphatic rings. The number of hydrogen-bond donors (Lipinski definition) is 0. The van der Waals surface area contributed by atoms with E-state index in [-0.39, 0.29) is 6.29 Å². The van der Waals surface area contributed by atoms with E-state index in [1.54, 1.807) is 0 Å². The van der Waals surface area contributed by atoms with E-state index in [0.717, 1.165) is 12.1 Å². The van der Waals surface area contributed by atoms with E-state index in [9.17, 15) is 0 Å². The van der Waals surface area contributed by atoms with Crippen molar-refractivity contribution < 1.29 is 14.0 Å². The Bertz CT molecular complexity index is 265. The third-order valence-corrected chi connectivity index (χ3v) is 2.19. The second-order valence-electron chi connectivity index (χ2n) is 3.20. The van der Waals surface area contributed by atoms with Gasteiger partial charge in [0.15, 0.2) is 18.7 Å². The summed E-state index contributed by atoms with van der Waals surface area (Å²) in [4.78, 5) is 0. The van der Waals surface area contributed by atoms with Crippen molar-refractivity contribution in [2.24, 2.45) is 0 Å². The number of nitrogens with zero attached hydrogens (tertiary/aromatic N) is 1. The number of aryl methyl sites for hydroxylation is 1. The van der Waals surface area contributed by atoms with Crippen molar-refractivity contribution in [3.8, 4) is 0 Å². The fraction of sp³-hybridized carbons (Fsp3) is 0.583. The van der Waals surface area contributed by atoms with E-state index in [0.29, 0.717) is 13.2 Å². The minimum atomic E-state index is -0.230. The van der Waals surface area contributed by atoms with Gasteiger partial charge in [0, 0.05) is 30.9 Å². The average molecular weight is 210 g/mol. The smallest absolute Gasteiger partial charge is 0.184 e. The van der Waals surface area contributed by atoms with Crippen LogP contribution in [0.3, 0.4) is 0 Å². The molecule has 0 N–H and O–H groups in total. The maximum atomic E-state index is 5.51. The molecule has 3 heteroatoms. The summed E-state index contributed by atoms with van der Waals surface area (Å²) < 4.78 is 13.1. The molecule has 0 saturated heterocycles. The van der Waals surface area contributed by atoms with Gasteiger partial charge < -0.3 is 9.47 Å². The Hall–Kier alpha value is -0.930. The van der Waals surface area contributed by atoms with Gasteiger partial charge in [-0.15, -0.1) is 0 Å². The van der Waals surface area contributed by atoms with Gasteiger partial charge in [-0.25, -0.2) is 4.57 Å². The molecule has 0 radical (unpaired) electrons. The van der Waals surface area contributed by atoms with Crippen molar-refractivity contribution in [1.82, 2.24) is 0 Å². The van der Waals surface area contributed by atoms with Crippen LogP contribution in [0.4, 0.5) is 0 Å². The summed E-state index contributed by atoms with van der Waals surface area (Å²) in [6.45, 7) is 8.36. The van der Waals surface area contributed by atoms with Crippen LogP contribution in [0.2, 0.25) is 0 Å². The van der Waals surface area contributed by atoms with Gasteiger partial charge in [-0.3, -0.25) is 0 Å². The first kappa shape index (κ1) is 12.1. The minimum absolute atomic E-state index is 0.230. The minimum Gasteiger partial charge on any atom is -0.349 e. The van der Waals surface area contributed by atoms with Crippen LogP contribution in [0.25, 0.3) is 0 Å². The van der Waals surface area contributed by atoms with E-state index in [1.165, 1.54) is 0 Å². The highest BCUT2D eigenvalue weighted by atomic mass is 16.7. The molecule has 1 aromatic heterocycles. The fourth-order valence-corrected chi connectivity index (χ4v) is 1.38. The third-order valence-electron chi connectivity index (χ3n) is 2.19. The van der Waals surface area contributed by atoms with Crippen LogP contribution in [-0.2, 0) is 16.0 Å². The van der Waals surface area contributed by atoms with Crippen LogP contribution in [0, 0.1) is 0 Å². The molecule has 0 spiro atoms. The van der Waals surface area contributed by atoms with Gasteiger partial charge in [-0.1, -0.05) is 0 Å². The number of aromatic nitrogens is 1. The monoisotopic (exact) mass is 210 g/mol. The SMILES string of the molecule is CCOC(OCC)c1cc[n+](CC)cc1. The summed E-state index contributed by atoms with van der Waals surface area (Å²) in [5, 5.41) is 0.